The molecule has 0 spiro atoms. The van der Waals surface area contributed by atoms with Gasteiger partial charge >= 0.3 is 0 Å². The summed E-state index contributed by atoms with van der Waals surface area (Å²) >= 11 is 0. The van der Waals surface area contributed by atoms with E-state index in [1.54, 1.807) is 12.7 Å². The molecule has 34 heavy (non-hydrogen) atoms. The quantitative estimate of drug-likeness (QED) is 0.451. The molecule has 182 valence electrons. The van der Waals surface area contributed by atoms with E-state index < -0.39 is 0 Å². The summed E-state index contributed by atoms with van der Waals surface area (Å²) in [5.74, 6) is 0. The summed E-state index contributed by atoms with van der Waals surface area (Å²) in [5.41, 5.74) is 4.69. The molecule has 1 fully saturated rings. The molecule has 3 aromatic rings. The molecule has 1 atom stereocenters. The van der Waals surface area contributed by atoms with Crippen LogP contribution in [0.15, 0.2) is 61.2 Å². The molecule has 0 aliphatic carbocycles. The van der Waals surface area contributed by atoms with Gasteiger partial charge in [-0.15, -0.1) is 0 Å². The summed E-state index contributed by atoms with van der Waals surface area (Å²) < 4.78 is 1.86. The minimum atomic E-state index is 0.0550. The molecule has 1 aliphatic rings. The third kappa shape index (κ3) is 6.12. The maximum absolute atomic E-state index is 9.83. The molecular formula is C28H39N5O. The van der Waals surface area contributed by atoms with Gasteiger partial charge in [-0.3, -0.25) is 4.90 Å². The van der Waals surface area contributed by atoms with Crippen molar-refractivity contribution in [2.75, 3.05) is 26.7 Å². The average Bonchev–Trinajstić information content (AvgIpc) is 3.43. The standard InChI is InChI=1S/C28H39N5O/c1-3-4-10-27(26-19-24(20-34)11-12-28(26)33-22-29-21-30-33)32-17-14-25(15-18-32)31(2)16-13-23-8-6-5-7-9-23/h5-9,11-12,19,21-22,25,27,34H,3-4,10,13-18,20H2,1-2H3. The molecule has 2 aromatic carbocycles. The molecule has 1 saturated heterocycles. The fraction of sp³-hybridized carbons (Fsp3) is 0.500. The Balaban J connectivity index is 1.46. The number of hydrogen-bond donors (Lipinski definition) is 1. The van der Waals surface area contributed by atoms with Crippen LogP contribution in [0.4, 0.5) is 0 Å². The Kier molecular flexibility index (Phi) is 8.85. The zero-order valence-corrected chi connectivity index (χ0v) is 20.7. The molecule has 6 heteroatoms. The number of likely N-dealkylation sites (N-methyl/N-ethyl adjacent to an activating group) is 1. The van der Waals surface area contributed by atoms with Gasteiger partial charge in [0.05, 0.1) is 12.3 Å². The van der Waals surface area contributed by atoms with Crippen LogP contribution in [0.3, 0.4) is 0 Å². The first-order chi connectivity index (χ1) is 16.7. The number of hydrogen-bond acceptors (Lipinski definition) is 5. The number of aromatic nitrogens is 3. The first-order valence-corrected chi connectivity index (χ1v) is 12.8. The molecule has 1 unspecified atom stereocenters. The van der Waals surface area contributed by atoms with Crippen LogP contribution < -0.4 is 0 Å². The van der Waals surface area contributed by atoms with Gasteiger partial charge in [-0.1, -0.05) is 56.2 Å². The summed E-state index contributed by atoms with van der Waals surface area (Å²) in [6.45, 7) is 5.60. The van der Waals surface area contributed by atoms with E-state index in [0.717, 1.165) is 43.7 Å². The van der Waals surface area contributed by atoms with E-state index in [1.165, 1.54) is 36.8 Å². The van der Waals surface area contributed by atoms with Crippen molar-refractivity contribution in [3.05, 3.63) is 77.9 Å². The van der Waals surface area contributed by atoms with Crippen LogP contribution in [0.1, 0.15) is 61.8 Å². The maximum atomic E-state index is 9.83. The van der Waals surface area contributed by atoms with Crippen molar-refractivity contribution in [3.8, 4) is 5.69 Å². The van der Waals surface area contributed by atoms with Crippen molar-refractivity contribution < 1.29 is 5.11 Å². The van der Waals surface area contributed by atoms with Crippen molar-refractivity contribution in [2.24, 2.45) is 0 Å². The highest BCUT2D eigenvalue weighted by atomic mass is 16.3. The van der Waals surface area contributed by atoms with Crippen LogP contribution in [-0.2, 0) is 13.0 Å². The van der Waals surface area contributed by atoms with E-state index in [0.29, 0.717) is 12.1 Å². The highest BCUT2D eigenvalue weighted by molar-refractivity contribution is 5.45. The normalized spacial score (nSPS) is 16.2. The number of unbranched alkanes of at least 4 members (excludes halogenated alkanes) is 1. The van der Waals surface area contributed by atoms with E-state index in [4.69, 9.17) is 0 Å². The SMILES string of the molecule is CCCCC(c1cc(CO)ccc1-n1cncn1)N1CCC(N(C)CCc2ccccc2)CC1. The topological polar surface area (TPSA) is 57.4 Å². The Labute approximate surface area is 204 Å². The minimum Gasteiger partial charge on any atom is -0.392 e. The highest BCUT2D eigenvalue weighted by Crippen LogP contribution is 2.34. The second-order valence-electron chi connectivity index (χ2n) is 9.53. The van der Waals surface area contributed by atoms with Crippen LogP contribution in [-0.4, -0.2) is 62.4 Å². The smallest absolute Gasteiger partial charge is 0.138 e. The van der Waals surface area contributed by atoms with Crippen molar-refractivity contribution in [1.29, 1.82) is 0 Å². The Morgan fingerprint density at radius 1 is 1.09 bits per heavy atom. The van der Waals surface area contributed by atoms with Gasteiger partial charge in [-0.2, -0.15) is 5.10 Å². The highest BCUT2D eigenvalue weighted by Gasteiger charge is 2.29. The van der Waals surface area contributed by atoms with Crippen LogP contribution in [0.25, 0.3) is 5.69 Å². The maximum Gasteiger partial charge on any atom is 0.138 e. The number of aliphatic hydroxyl groups excluding tert-OH is 1. The monoisotopic (exact) mass is 461 g/mol. The molecule has 0 saturated carbocycles. The van der Waals surface area contributed by atoms with Gasteiger partial charge < -0.3 is 10.0 Å². The van der Waals surface area contributed by atoms with Gasteiger partial charge in [-0.25, -0.2) is 9.67 Å². The van der Waals surface area contributed by atoms with Crippen molar-refractivity contribution in [3.63, 3.8) is 0 Å². The number of piperidine rings is 1. The van der Waals surface area contributed by atoms with Gasteiger partial charge in [0.2, 0.25) is 0 Å². The second kappa shape index (κ2) is 12.2. The molecule has 0 radical (unpaired) electrons. The van der Waals surface area contributed by atoms with Crippen molar-refractivity contribution in [1.82, 2.24) is 24.6 Å². The van der Waals surface area contributed by atoms with E-state index >= 15 is 0 Å². The third-order valence-electron chi connectivity index (χ3n) is 7.29. The Morgan fingerprint density at radius 3 is 2.56 bits per heavy atom. The molecular weight excluding hydrogens is 422 g/mol. The van der Waals surface area contributed by atoms with E-state index in [-0.39, 0.29) is 6.61 Å². The molecule has 6 nitrogen and oxygen atoms in total. The van der Waals surface area contributed by atoms with Crippen molar-refractivity contribution in [2.45, 2.75) is 64.1 Å². The largest absolute Gasteiger partial charge is 0.392 e. The Hall–Kier alpha value is -2.54. The van der Waals surface area contributed by atoms with E-state index in [1.807, 2.05) is 10.7 Å². The van der Waals surface area contributed by atoms with Crippen LogP contribution in [0.2, 0.25) is 0 Å². The molecule has 2 heterocycles. The number of aliphatic hydroxyl groups is 1. The van der Waals surface area contributed by atoms with Crippen LogP contribution in [0, 0.1) is 0 Å². The predicted octanol–water partition coefficient (Wildman–Crippen LogP) is 4.63. The first-order valence-electron chi connectivity index (χ1n) is 12.8. The molecule has 1 N–H and O–H groups in total. The summed E-state index contributed by atoms with van der Waals surface area (Å²) in [5, 5.41) is 14.2. The van der Waals surface area contributed by atoms with Gasteiger partial charge in [0.1, 0.15) is 12.7 Å². The number of nitrogens with zero attached hydrogens (tertiary/aromatic N) is 5. The van der Waals surface area contributed by atoms with E-state index in [2.05, 4.69) is 76.3 Å². The lowest BCUT2D eigenvalue weighted by Crippen LogP contribution is -2.45. The van der Waals surface area contributed by atoms with Crippen molar-refractivity contribution >= 4 is 0 Å². The molecule has 0 amide bonds. The lowest BCUT2D eigenvalue weighted by atomic mass is 9.93. The second-order valence-corrected chi connectivity index (χ2v) is 9.53. The van der Waals surface area contributed by atoms with E-state index in [9.17, 15) is 5.11 Å². The zero-order chi connectivity index (χ0) is 23.8. The van der Waals surface area contributed by atoms with Gasteiger partial charge in [0.15, 0.2) is 0 Å². The lowest BCUT2D eigenvalue weighted by Gasteiger charge is -2.41. The number of benzene rings is 2. The van der Waals surface area contributed by atoms with Gasteiger partial charge in [-0.05, 0) is 61.6 Å². The van der Waals surface area contributed by atoms with Gasteiger partial charge in [0.25, 0.3) is 0 Å². The average molecular weight is 462 g/mol. The van der Waals surface area contributed by atoms with Crippen LogP contribution >= 0.6 is 0 Å². The molecule has 1 aliphatic heterocycles. The fourth-order valence-corrected chi connectivity index (χ4v) is 5.21. The Bertz CT molecular complexity index is 983. The van der Waals surface area contributed by atoms with Crippen LogP contribution in [0.5, 0.6) is 0 Å². The molecule has 1 aromatic heterocycles. The summed E-state index contributed by atoms with van der Waals surface area (Å²) in [6, 6.07) is 18.0. The first kappa shape index (κ1) is 24.6. The third-order valence-corrected chi connectivity index (χ3v) is 7.29. The summed E-state index contributed by atoms with van der Waals surface area (Å²) in [7, 11) is 2.28. The molecule has 0 bridgehead atoms. The van der Waals surface area contributed by atoms with Gasteiger partial charge in [0, 0.05) is 31.7 Å². The Morgan fingerprint density at radius 2 is 1.88 bits per heavy atom. The number of likely N-dealkylation sites (tertiary alicyclic amines) is 1. The summed E-state index contributed by atoms with van der Waals surface area (Å²) in [6.07, 6.45) is 10.3. The lowest BCUT2D eigenvalue weighted by molar-refractivity contribution is 0.0924. The minimum absolute atomic E-state index is 0.0550. The zero-order valence-electron chi connectivity index (χ0n) is 20.7. The number of rotatable bonds is 11. The fourth-order valence-electron chi connectivity index (χ4n) is 5.21. The molecule has 4 rings (SSSR count). The summed E-state index contributed by atoms with van der Waals surface area (Å²) in [4.78, 5) is 9.38. The predicted molar refractivity (Wildman–Crippen MR) is 137 cm³/mol.